The van der Waals surface area contributed by atoms with E-state index in [1.54, 1.807) is 0 Å². The monoisotopic (exact) mass is 520 g/mol. The van der Waals surface area contributed by atoms with Gasteiger partial charge in [0.2, 0.25) is 0 Å². The van der Waals surface area contributed by atoms with Crippen LogP contribution in [0.15, 0.2) is 150 Å². The first kappa shape index (κ1) is 22.4. The Bertz CT molecular complexity index is 2410. The van der Waals surface area contributed by atoms with Crippen LogP contribution >= 0.6 is 0 Å². The molecule has 9 rings (SSSR count). The molecule has 190 valence electrons. The first-order chi connectivity index (χ1) is 20.4. The van der Waals surface area contributed by atoms with Crippen molar-refractivity contribution in [3.05, 3.63) is 146 Å². The van der Waals surface area contributed by atoms with E-state index in [0.717, 1.165) is 27.3 Å². The number of furan rings is 1. The van der Waals surface area contributed by atoms with Gasteiger partial charge in [-0.1, -0.05) is 133 Å². The summed E-state index contributed by atoms with van der Waals surface area (Å²) in [7, 11) is 0. The Morgan fingerprint density at radius 3 is 1.51 bits per heavy atom. The molecule has 9 aromatic rings. The lowest BCUT2D eigenvalue weighted by Crippen LogP contribution is -1.91. The van der Waals surface area contributed by atoms with Crippen LogP contribution in [0.1, 0.15) is 0 Å². The molecule has 0 saturated heterocycles. The van der Waals surface area contributed by atoms with Crippen LogP contribution in [0.5, 0.6) is 0 Å². The van der Waals surface area contributed by atoms with Gasteiger partial charge in [0.05, 0.1) is 0 Å². The fourth-order valence-corrected chi connectivity index (χ4v) is 6.87. The van der Waals surface area contributed by atoms with Gasteiger partial charge in [0, 0.05) is 21.5 Å². The summed E-state index contributed by atoms with van der Waals surface area (Å²) in [5, 5.41) is 12.0. The van der Waals surface area contributed by atoms with Gasteiger partial charge in [0.25, 0.3) is 0 Å². The molecular formula is C40H24O. The number of benzene rings is 8. The summed E-state index contributed by atoms with van der Waals surface area (Å²) >= 11 is 0. The third-order valence-electron chi connectivity index (χ3n) is 8.62. The van der Waals surface area contributed by atoms with Crippen molar-refractivity contribution in [3.63, 3.8) is 0 Å². The van der Waals surface area contributed by atoms with Crippen LogP contribution in [0.25, 0.3) is 87.3 Å². The van der Waals surface area contributed by atoms with E-state index >= 15 is 0 Å². The first-order valence-corrected chi connectivity index (χ1v) is 14.1. The minimum absolute atomic E-state index is 0.949. The molecule has 1 nitrogen and oxygen atoms in total. The van der Waals surface area contributed by atoms with Gasteiger partial charge in [-0.15, -0.1) is 0 Å². The zero-order valence-electron chi connectivity index (χ0n) is 22.3. The van der Waals surface area contributed by atoms with Gasteiger partial charge in [0.1, 0.15) is 11.2 Å². The first-order valence-electron chi connectivity index (χ1n) is 14.1. The Morgan fingerprint density at radius 1 is 0.341 bits per heavy atom. The van der Waals surface area contributed by atoms with Gasteiger partial charge in [-0.2, -0.15) is 0 Å². The van der Waals surface area contributed by atoms with Crippen LogP contribution < -0.4 is 0 Å². The van der Waals surface area contributed by atoms with Crippen LogP contribution in [0.2, 0.25) is 0 Å². The summed E-state index contributed by atoms with van der Waals surface area (Å²) < 4.78 is 6.86. The number of fused-ring (bicyclic) bond motifs is 9. The minimum Gasteiger partial charge on any atom is -0.455 e. The van der Waals surface area contributed by atoms with Gasteiger partial charge in [0.15, 0.2) is 0 Å². The molecule has 0 unspecified atom stereocenters. The maximum Gasteiger partial charge on any atom is 0.143 e. The summed E-state index contributed by atoms with van der Waals surface area (Å²) in [6.07, 6.45) is 0. The standard InChI is InChI=1S/C40H24O/c1-2-13-26(14-3-1)36-30-18-8-10-20-32(30)37(33-21-11-9-19-31(33)36)35-24-27-15-5-7-17-29(27)40-38(35)34-23-22-25-12-4-6-16-28(25)39(34)41-40/h1-24H. The lowest BCUT2D eigenvalue weighted by molar-refractivity contribution is 0.676. The minimum atomic E-state index is 0.949. The molecule has 0 bridgehead atoms. The zero-order valence-corrected chi connectivity index (χ0v) is 22.3. The van der Waals surface area contributed by atoms with E-state index in [9.17, 15) is 0 Å². The van der Waals surface area contributed by atoms with Crippen LogP contribution in [-0.4, -0.2) is 0 Å². The van der Waals surface area contributed by atoms with E-state index < -0.39 is 0 Å². The third-order valence-corrected chi connectivity index (χ3v) is 8.62. The molecule has 1 heterocycles. The maximum absolute atomic E-state index is 6.86. The van der Waals surface area contributed by atoms with Gasteiger partial charge in [-0.25, -0.2) is 0 Å². The summed E-state index contributed by atoms with van der Waals surface area (Å²) in [5.74, 6) is 0. The van der Waals surface area contributed by atoms with Crippen molar-refractivity contribution in [3.8, 4) is 22.3 Å². The van der Waals surface area contributed by atoms with Crippen LogP contribution in [-0.2, 0) is 0 Å². The molecule has 0 amide bonds. The van der Waals surface area contributed by atoms with Crippen molar-refractivity contribution in [2.24, 2.45) is 0 Å². The van der Waals surface area contributed by atoms with E-state index in [1.807, 2.05) is 0 Å². The van der Waals surface area contributed by atoms with E-state index in [-0.39, 0.29) is 0 Å². The lowest BCUT2D eigenvalue weighted by Gasteiger charge is -2.18. The van der Waals surface area contributed by atoms with Gasteiger partial charge in [-0.05, 0) is 66.7 Å². The van der Waals surface area contributed by atoms with Crippen molar-refractivity contribution < 1.29 is 4.42 Å². The van der Waals surface area contributed by atoms with Gasteiger partial charge < -0.3 is 4.42 Å². The van der Waals surface area contributed by atoms with Crippen LogP contribution in [0.3, 0.4) is 0 Å². The molecule has 0 aliphatic carbocycles. The molecule has 0 atom stereocenters. The van der Waals surface area contributed by atoms with Crippen molar-refractivity contribution in [2.75, 3.05) is 0 Å². The van der Waals surface area contributed by atoms with E-state index in [4.69, 9.17) is 4.42 Å². The fraction of sp³-hybridized carbons (Fsp3) is 0. The highest BCUT2D eigenvalue weighted by molar-refractivity contribution is 6.30. The van der Waals surface area contributed by atoms with Crippen molar-refractivity contribution in [2.45, 2.75) is 0 Å². The highest BCUT2D eigenvalue weighted by atomic mass is 16.3. The SMILES string of the molecule is c1ccc(-c2c3ccccc3c(-c3cc4ccccc4c4oc5c6ccccc6ccc5c34)c3ccccc23)cc1. The lowest BCUT2D eigenvalue weighted by atomic mass is 9.84. The topological polar surface area (TPSA) is 13.1 Å². The quantitative estimate of drug-likeness (QED) is 0.207. The summed E-state index contributed by atoms with van der Waals surface area (Å²) in [4.78, 5) is 0. The average Bonchev–Trinajstić information content (AvgIpc) is 3.44. The molecule has 0 fully saturated rings. The Kier molecular flexibility index (Phi) is 4.67. The highest BCUT2D eigenvalue weighted by Gasteiger charge is 2.22. The summed E-state index contributed by atoms with van der Waals surface area (Å²) in [5.41, 5.74) is 6.87. The molecule has 0 aliphatic rings. The van der Waals surface area contributed by atoms with E-state index in [1.165, 1.54) is 60.0 Å². The van der Waals surface area contributed by atoms with E-state index in [2.05, 4.69) is 146 Å². The summed E-state index contributed by atoms with van der Waals surface area (Å²) in [6.45, 7) is 0. The molecule has 41 heavy (non-hydrogen) atoms. The summed E-state index contributed by atoms with van der Waals surface area (Å²) in [6, 6.07) is 52.5. The Labute approximate surface area is 236 Å². The molecule has 0 saturated carbocycles. The Hall–Kier alpha value is -5.40. The molecular weight excluding hydrogens is 496 g/mol. The average molecular weight is 521 g/mol. The largest absolute Gasteiger partial charge is 0.455 e. The second-order valence-electron chi connectivity index (χ2n) is 10.8. The normalized spacial score (nSPS) is 11.9. The van der Waals surface area contributed by atoms with Crippen molar-refractivity contribution >= 4 is 65.0 Å². The van der Waals surface area contributed by atoms with Crippen LogP contribution in [0.4, 0.5) is 0 Å². The van der Waals surface area contributed by atoms with Gasteiger partial charge >= 0.3 is 0 Å². The predicted octanol–water partition coefficient (Wildman–Crippen LogP) is 11.5. The smallest absolute Gasteiger partial charge is 0.143 e. The molecule has 1 aromatic heterocycles. The molecule has 0 aliphatic heterocycles. The highest BCUT2D eigenvalue weighted by Crippen LogP contribution is 2.49. The van der Waals surface area contributed by atoms with Crippen molar-refractivity contribution in [1.29, 1.82) is 0 Å². The van der Waals surface area contributed by atoms with E-state index in [0.29, 0.717) is 0 Å². The number of rotatable bonds is 2. The molecule has 0 radical (unpaired) electrons. The van der Waals surface area contributed by atoms with Crippen molar-refractivity contribution in [1.82, 2.24) is 0 Å². The molecule has 0 spiro atoms. The molecule has 1 heteroatoms. The Balaban J connectivity index is 1.53. The molecule has 0 N–H and O–H groups in total. The Morgan fingerprint density at radius 2 is 0.854 bits per heavy atom. The second-order valence-corrected chi connectivity index (χ2v) is 10.8. The fourth-order valence-electron chi connectivity index (χ4n) is 6.87. The number of hydrogen-bond donors (Lipinski definition) is 0. The predicted molar refractivity (Wildman–Crippen MR) is 175 cm³/mol. The number of hydrogen-bond acceptors (Lipinski definition) is 1. The second kappa shape index (κ2) is 8.55. The maximum atomic E-state index is 6.86. The molecule has 8 aromatic carbocycles. The third kappa shape index (κ3) is 3.18. The zero-order chi connectivity index (χ0) is 26.9. The van der Waals surface area contributed by atoms with Gasteiger partial charge in [-0.3, -0.25) is 0 Å². The van der Waals surface area contributed by atoms with Crippen LogP contribution in [0, 0.1) is 0 Å².